The van der Waals surface area contributed by atoms with Gasteiger partial charge in [-0.2, -0.15) is 0 Å². The summed E-state index contributed by atoms with van der Waals surface area (Å²) in [7, 11) is 0. The van der Waals surface area contributed by atoms with E-state index in [1.165, 1.54) is 0 Å². The van der Waals surface area contributed by atoms with E-state index in [0.29, 0.717) is 13.2 Å². The first-order valence-corrected chi connectivity index (χ1v) is 8.05. The summed E-state index contributed by atoms with van der Waals surface area (Å²) in [5.41, 5.74) is 0. The maximum atomic E-state index is 12.3. The smallest absolute Gasteiger partial charge is 0.237 e. The van der Waals surface area contributed by atoms with Crippen LogP contribution in [0.2, 0.25) is 0 Å². The van der Waals surface area contributed by atoms with Gasteiger partial charge in [0.25, 0.3) is 0 Å². The predicted octanol–water partition coefficient (Wildman–Crippen LogP) is 2.44. The van der Waals surface area contributed by atoms with Gasteiger partial charge in [0.2, 0.25) is 5.91 Å². The zero-order chi connectivity index (χ0) is 15.9. The van der Waals surface area contributed by atoms with E-state index in [-0.39, 0.29) is 11.9 Å². The number of likely N-dealkylation sites (tertiary alicyclic amines) is 1. The third-order valence-corrected chi connectivity index (χ3v) is 4.07. The summed E-state index contributed by atoms with van der Waals surface area (Å²) in [6.45, 7) is 2.73. The molecule has 0 unspecified atom stereocenters. The fraction of sp³-hybridized carbons (Fsp3) is 0.389. The van der Waals surface area contributed by atoms with E-state index < -0.39 is 0 Å². The summed E-state index contributed by atoms with van der Waals surface area (Å²) < 4.78 is 11.0. The van der Waals surface area contributed by atoms with E-state index >= 15 is 0 Å². The van der Waals surface area contributed by atoms with Crippen molar-refractivity contribution in [3.63, 3.8) is 0 Å². The Labute approximate surface area is 136 Å². The normalized spacial score (nSPS) is 18.0. The van der Waals surface area contributed by atoms with E-state index in [2.05, 4.69) is 10.2 Å². The zero-order valence-electron chi connectivity index (χ0n) is 13.1. The molecule has 1 saturated heterocycles. The molecule has 2 heterocycles. The fourth-order valence-electron chi connectivity index (χ4n) is 2.89. The minimum Gasteiger partial charge on any atom is -0.492 e. The van der Waals surface area contributed by atoms with Crippen LogP contribution in [0.3, 0.4) is 0 Å². The van der Waals surface area contributed by atoms with Gasteiger partial charge < -0.3 is 14.5 Å². The van der Waals surface area contributed by atoms with Crippen molar-refractivity contribution in [1.29, 1.82) is 0 Å². The molecule has 5 nitrogen and oxygen atoms in total. The molecule has 1 aromatic carbocycles. The fourth-order valence-corrected chi connectivity index (χ4v) is 2.89. The molecule has 0 bridgehead atoms. The molecule has 0 saturated carbocycles. The largest absolute Gasteiger partial charge is 0.492 e. The number of nitrogens with one attached hydrogen (secondary N) is 1. The minimum absolute atomic E-state index is 0.0654. The molecule has 5 heteroatoms. The highest BCUT2D eigenvalue weighted by molar-refractivity contribution is 5.81. The van der Waals surface area contributed by atoms with Crippen LogP contribution in [0.15, 0.2) is 53.1 Å². The van der Waals surface area contributed by atoms with Gasteiger partial charge in [-0.1, -0.05) is 18.2 Å². The first-order chi connectivity index (χ1) is 11.3. The van der Waals surface area contributed by atoms with Crippen molar-refractivity contribution in [2.75, 3.05) is 19.7 Å². The average Bonchev–Trinajstić information content (AvgIpc) is 3.25. The molecule has 0 radical (unpaired) electrons. The minimum atomic E-state index is -0.0654. The Bertz CT molecular complexity index is 598. The summed E-state index contributed by atoms with van der Waals surface area (Å²) in [5, 5.41) is 2.95. The monoisotopic (exact) mass is 314 g/mol. The van der Waals surface area contributed by atoms with Crippen LogP contribution in [0, 0.1) is 0 Å². The standard InChI is InChI=1S/C18H22N2O3/c21-18(19-14-16-8-5-12-22-16)17-9-4-10-20(17)11-13-23-15-6-2-1-3-7-15/h1-3,5-8,12,17H,4,9-11,13-14H2,(H,19,21)/t17-/m1/s1. The van der Waals surface area contributed by atoms with Crippen LogP contribution in [0.1, 0.15) is 18.6 Å². The molecule has 3 rings (SSSR count). The number of furan rings is 1. The predicted molar refractivity (Wildman–Crippen MR) is 87.1 cm³/mol. The number of nitrogens with zero attached hydrogens (tertiary/aromatic N) is 1. The van der Waals surface area contributed by atoms with Crippen LogP contribution < -0.4 is 10.1 Å². The van der Waals surface area contributed by atoms with Crippen LogP contribution in [-0.2, 0) is 11.3 Å². The first kappa shape index (κ1) is 15.6. The number of hydrogen-bond acceptors (Lipinski definition) is 4. The van der Waals surface area contributed by atoms with Gasteiger partial charge >= 0.3 is 0 Å². The lowest BCUT2D eigenvalue weighted by Crippen LogP contribution is -2.44. The van der Waals surface area contributed by atoms with Crippen molar-refractivity contribution in [3.8, 4) is 5.75 Å². The van der Waals surface area contributed by atoms with Gasteiger partial charge in [-0.3, -0.25) is 9.69 Å². The summed E-state index contributed by atoms with van der Waals surface area (Å²) in [5.74, 6) is 1.71. The molecule has 1 N–H and O–H groups in total. The Morgan fingerprint density at radius 3 is 2.91 bits per heavy atom. The van der Waals surface area contributed by atoms with E-state index in [1.54, 1.807) is 6.26 Å². The number of hydrogen-bond donors (Lipinski definition) is 1. The second-order valence-electron chi connectivity index (χ2n) is 5.65. The molecule has 0 aliphatic carbocycles. The lowest BCUT2D eigenvalue weighted by molar-refractivity contribution is -0.125. The van der Waals surface area contributed by atoms with Crippen LogP contribution in [0.4, 0.5) is 0 Å². The summed E-state index contributed by atoms with van der Waals surface area (Å²) in [4.78, 5) is 14.5. The van der Waals surface area contributed by atoms with Gasteiger partial charge in [-0.25, -0.2) is 0 Å². The number of benzene rings is 1. The second kappa shape index (κ2) is 7.83. The van der Waals surface area contributed by atoms with Gasteiger partial charge in [0.1, 0.15) is 18.1 Å². The average molecular weight is 314 g/mol. The Hall–Kier alpha value is -2.27. The Balaban J connectivity index is 1.44. The number of ether oxygens (including phenoxy) is 1. The van der Waals surface area contributed by atoms with Gasteiger partial charge in [0.05, 0.1) is 18.8 Å². The SMILES string of the molecule is O=C(NCc1ccco1)[C@H]1CCCN1CCOc1ccccc1. The molecule has 1 aromatic heterocycles. The highest BCUT2D eigenvalue weighted by Crippen LogP contribution is 2.17. The third kappa shape index (κ3) is 4.36. The molecule has 23 heavy (non-hydrogen) atoms. The van der Waals surface area contributed by atoms with Crippen molar-refractivity contribution in [2.24, 2.45) is 0 Å². The lowest BCUT2D eigenvalue weighted by atomic mass is 10.2. The topological polar surface area (TPSA) is 54.7 Å². The van der Waals surface area contributed by atoms with Crippen LogP contribution in [0.5, 0.6) is 5.75 Å². The maximum absolute atomic E-state index is 12.3. The van der Waals surface area contributed by atoms with E-state index in [4.69, 9.17) is 9.15 Å². The van der Waals surface area contributed by atoms with Crippen molar-refractivity contribution in [1.82, 2.24) is 10.2 Å². The quantitative estimate of drug-likeness (QED) is 0.853. The molecule has 1 aliphatic rings. The third-order valence-electron chi connectivity index (χ3n) is 4.07. The lowest BCUT2D eigenvalue weighted by Gasteiger charge is -2.23. The number of amides is 1. The van der Waals surface area contributed by atoms with Crippen molar-refractivity contribution >= 4 is 5.91 Å². The number of para-hydroxylation sites is 1. The van der Waals surface area contributed by atoms with E-state index in [1.807, 2.05) is 42.5 Å². The highest BCUT2D eigenvalue weighted by atomic mass is 16.5. The number of carbonyl (C=O) groups excluding carboxylic acids is 1. The molecule has 122 valence electrons. The van der Waals surface area contributed by atoms with Crippen molar-refractivity contribution in [3.05, 3.63) is 54.5 Å². The molecular weight excluding hydrogens is 292 g/mol. The van der Waals surface area contributed by atoms with Crippen LogP contribution in [-0.4, -0.2) is 36.5 Å². The highest BCUT2D eigenvalue weighted by Gasteiger charge is 2.30. The van der Waals surface area contributed by atoms with Crippen molar-refractivity contribution < 1.29 is 13.9 Å². The second-order valence-corrected chi connectivity index (χ2v) is 5.65. The van der Waals surface area contributed by atoms with Crippen LogP contribution in [0.25, 0.3) is 0 Å². The molecule has 1 amide bonds. The number of rotatable bonds is 7. The molecule has 1 atom stereocenters. The van der Waals surface area contributed by atoms with Gasteiger partial charge in [0.15, 0.2) is 0 Å². The Morgan fingerprint density at radius 1 is 1.26 bits per heavy atom. The number of carbonyl (C=O) groups is 1. The van der Waals surface area contributed by atoms with Crippen LogP contribution >= 0.6 is 0 Å². The molecule has 2 aromatic rings. The summed E-state index contributed by atoms with van der Waals surface area (Å²) in [6, 6.07) is 13.4. The maximum Gasteiger partial charge on any atom is 0.237 e. The molecule has 1 fully saturated rings. The van der Waals surface area contributed by atoms with Gasteiger partial charge in [-0.15, -0.1) is 0 Å². The molecule has 0 spiro atoms. The first-order valence-electron chi connectivity index (χ1n) is 8.05. The molecule has 1 aliphatic heterocycles. The molecular formula is C18H22N2O3. The Kier molecular flexibility index (Phi) is 5.32. The van der Waals surface area contributed by atoms with E-state index in [9.17, 15) is 4.79 Å². The summed E-state index contributed by atoms with van der Waals surface area (Å²) >= 11 is 0. The van der Waals surface area contributed by atoms with Gasteiger partial charge in [0, 0.05) is 6.54 Å². The van der Waals surface area contributed by atoms with E-state index in [0.717, 1.165) is 37.4 Å². The van der Waals surface area contributed by atoms with Crippen molar-refractivity contribution in [2.45, 2.75) is 25.4 Å². The van der Waals surface area contributed by atoms with Gasteiger partial charge in [-0.05, 0) is 43.7 Å². The summed E-state index contributed by atoms with van der Waals surface area (Å²) in [6.07, 6.45) is 3.56. The Morgan fingerprint density at radius 2 is 2.13 bits per heavy atom. The zero-order valence-corrected chi connectivity index (χ0v) is 13.1.